The monoisotopic (exact) mass is 450 g/mol. The van der Waals surface area contributed by atoms with Crippen molar-refractivity contribution in [2.24, 2.45) is 0 Å². The number of hydrogen-bond acceptors (Lipinski definition) is 6. The van der Waals surface area contributed by atoms with E-state index >= 15 is 0 Å². The Balaban J connectivity index is 1.57. The van der Waals surface area contributed by atoms with Crippen LogP contribution in [0.25, 0.3) is 0 Å². The Morgan fingerprint density at radius 3 is 2.75 bits per heavy atom. The van der Waals surface area contributed by atoms with E-state index in [-0.39, 0.29) is 24.6 Å². The van der Waals surface area contributed by atoms with E-state index < -0.39 is 5.97 Å². The van der Waals surface area contributed by atoms with Gasteiger partial charge in [-0.3, -0.25) is 9.69 Å². The van der Waals surface area contributed by atoms with E-state index in [1.807, 2.05) is 55.5 Å². The summed E-state index contributed by atoms with van der Waals surface area (Å²) in [4.78, 5) is 32.6. The maximum absolute atomic E-state index is 13.4. The highest BCUT2D eigenvalue weighted by Crippen LogP contribution is 2.29. The second kappa shape index (κ2) is 9.96. The lowest BCUT2D eigenvalue weighted by Gasteiger charge is -2.20. The summed E-state index contributed by atoms with van der Waals surface area (Å²) in [5, 5.41) is 0.524. The normalized spacial score (nSPS) is 12.2. The first-order chi connectivity index (χ1) is 15.5. The third kappa shape index (κ3) is 4.99. The predicted molar refractivity (Wildman–Crippen MR) is 125 cm³/mol. The number of thiazole rings is 1. The smallest absolute Gasteiger partial charge is 0.358 e. The fourth-order valence-corrected chi connectivity index (χ4v) is 4.66. The molecule has 166 valence electrons. The molecular weight excluding hydrogens is 424 g/mol. The Labute approximate surface area is 191 Å². The summed E-state index contributed by atoms with van der Waals surface area (Å²) < 4.78 is 10.7. The van der Waals surface area contributed by atoms with Crippen LogP contribution in [-0.2, 0) is 28.8 Å². The average Bonchev–Trinajstić information content (AvgIpc) is 3.41. The Bertz CT molecular complexity index is 1110. The molecule has 0 saturated carbocycles. The van der Waals surface area contributed by atoms with Gasteiger partial charge in [-0.2, -0.15) is 0 Å². The molecule has 4 rings (SSSR count). The van der Waals surface area contributed by atoms with Gasteiger partial charge in [0.15, 0.2) is 10.8 Å². The van der Waals surface area contributed by atoms with Crippen LogP contribution in [0.3, 0.4) is 0 Å². The van der Waals surface area contributed by atoms with Gasteiger partial charge in [0, 0.05) is 17.8 Å². The Kier molecular flexibility index (Phi) is 6.85. The Morgan fingerprint density at radius 1 is 1.16 bits per heavy atom. The largest absolute Gasteiger partial charge is 0.493 e. The van der Waals surface area contributed by atoms with Gasteiger partial charge in [-0.05, 0) is 43.0 Å². The quantitative estimate of drug-likeness (QED) is 0.477. The number of nitrogens with zero attached hydrogens (tertiary/aromatic N) is 2. The molecule has 1 aliphatic rings. The molecule has 0 radical (unpaired) electrons. The summed E-state index contributed by atoms with van der Waals surface area (Å²) in [6.07, 6.45) is 1.82. The zero-order chi connectivity index (χ0) is 22.5. The van der Waals surface area contributed by atoms with Crippen LogP contribution in [0.2, 0.25) is 0 Å². The zero-order valence-electron chi connectivity index (χ0n) is 18.3. The lowest BCUT2D eigenvalue weighted by molar-refractivity contribution is -0.118. The molecule has 0 saturated heterocycles. The molecule has 6 nitrogen and oxygen atoms in total. The lowest BCUT2D eigenvalue weighted by Crippen LogP contribution is -2.34. The van der Waals surface area contributed by atoms with Crippen LogP contribution in [0, 0.1) is 6.92 Å². The van der Waals surface area contributed by atoms with E-state index in [9.17, 15) is 9.59 Å². The van der Waals surface area contributed by atoms with Crippen LogP contribution in [-0.4, -0.2) is 36.6 Å². The number of amides is 1. The van der Waals surface area contributed by atoms with Crippen molar-refractivity contribution in [3.05, 3.63) is 75.8 Å². The van der Waals surface area contributed by atoms with Crippen LogP contribution < -0.4 is 9.64 Å². The van der Waals surface area contributed by atoms with Gasteiger partial charge in [-0.1, -0.05) is 42.5 Å². The highest BCUT2D eigenvalue weighted by atomic mass is 32.1. The van der Waals surface area contributed by atoms with Gasteiger partial charge in [0.25, 0.3) is 0 Å². The molecule has 7 heteroatoms. The third-order valence-corrected chi connectivity index (χ3v) is 6.36. The summed E-state index contributed by atoms with van der Waals surface area (Å²) in [6, 6.07) is 16.0. The minimum Gasteiger partial charge on any atom is -0.493 e. The maximum atomic E-state index is 13.4. The summed E-state index contributed by atoms with van der Waals surface area (Å²) in [5.41, 5.74) is 3.50. The number of anilines is 1. The molecule has 1 aromatic heterocycles. The van der Waals surface area contributed by atoms with E-state index in [1.165, 1.54) is 11.3 Å². The lowest BCUT2D eigenvalue weighted by atomic mass is 10.1. The molecule has 2 heterocycles. The van der Waals surface area contributed by atoms with Crippen molar-refractivity contribution >= 4 is 28.3 Å². The minimum absolute atomic E-state index is 0.0519. The Morgan fingerprint density at radius 2 is 1.97 bits per heavy atom. The summed E-state index contributed by atoms with van der Waals surface area (Å²) >= 11 is 1.34. The highest BCUT2D eigenvalue weighted by molar-refractivity contribution is 7.16. The third-order valence-electron chi connectivity index (χ3n) is 5.36. The molecule has 0 N–H and O–H groups in total. The molecule has 3 aromatic rings. The number of fused-ring (bicyclic) bond motifs is 1. The molecule has 1 aliphatic heterocycles. The summed E-state index contributed by atoms with van der Waals surface area (Å²) in [6.45, 7) is 5.03. The van der Waals surface area contributed by atoms with Crippen molar-refractivity contribution < 1.29 is 19.1 Å². The average molecular weight is 451 g/mol. The molecule has 0 bridgehead atoms. The van der Waals surface area contributed by atoms with E-state index in [0.717, 1.165) is 33.7 Å². The molecule has 1 amide bonds. The van der Waals surface area contributed by atoms with Gasteiger partial charge >= 0.3 is 5.97 Å². The van der Waals surface area contributed by atoms with Crippen LogP contribution in [0.5, 0.6) is 5.75 Å². The second-order valence-corrected chi connectivity index (χ2v) is 8.80. The fourth-order valence-electron chi connectivity index (χ4n) is 3.72. The van der Waals surface area contributed by atoms with Gasteiger partial charge in [-0.25, -0.2) is 9.78 Å². The number of carbonyl (C=O) groups excluding carboxylic acids is 2. The molecule has 0 unspecified atom stereocenters. The van der Waals surface area contributed by atoms with Gasteiger partial charge in [0.05, 0.1) is 19.6 Å². The number of benzene rings is 2. The van der Waals surface area contributed by atoms with Gasteiger partial charge in [-0.15, -0.1) is 11.3 Å². The summed E-state index contributed by atoms with van der Waals surface area (Å²) in [5.74, 6) is 0.391. The van der Waals surface area contributed by atoms with Gasteiger partial charge < -0.3 is 9.47 Å². The number of rotatable bonds is 8. The van der Waals surface area contributed by atoms with Crippen molar-refractivity contribution in [1.29, 1.82) is 0 Å². The van der Waals surface area contributed by atoms with Gasteiger partial charge in [0.2, 0.25) is 5.91 Å². The second-order valence-electron chi connectivity index (χ2n) is 7.62. The fraction of sp³-hybridized carbons (Fsp3) is 0.320. The number of carbonyl (C=O) groups is 2. The van der Waals surface area contributed by atoms with Crippen LogP contribution in [0.15, 0.2) is 48.5 Å². The van der Waals surface area contributed by atoms with Crippen molar-refractivity contribution in [2.75, 3.05) is 24.7 Å². The van der Waals surface area contributed by atoms with E-state index in [1.54, 1.807) is 11.8 Å². The van der Waals surface area contributed by atoms with Crippen molar-refractivity contribution in [1.82, 2.24) is 4.98 Å². The molecule has 0 atom stereocenters. The highest BCUT2D eigenvalue weighted by Gasteiger charge is 2.24. The molecule has 0 aliphatic carbocycles. The maximum Gasteiger partial charge on any atom is 0.358 e. The molecule has 32 heavy (non-hydrogen) atoms. The van der Waals surface area contributed by atoms with Crippen LogP contribution in [0.1, 0.15) is 39.0 Å². The Hall–Kier alpha value is -3.19. The number of esters is 1. The first-order valence-corrected chi connectivity index (χ1v) is 11.6. The molecule has 0 spiro atoms. The zero-order valence-corrected chi connectivity index (χ0v) is 19.1. The number of hydrogen-bond donors (Lipinski definition) is 0. The van der Waals surface area contributed by atoms with Crippen LogP contribution in [0.4, 0.5) is 5.13 Å². The molecular formula is C25H26N2O4S. The molecule has 0 fully saturated rings. The van der Waals surface area contributed by atoms with Crippen LogP contribution >= 0.6 is 11.3 Å². The number of ether oxygens (including phenoxy) is 2. The van der Waals surface area contributed by atoms with Gasteiger partial charge in [0.1, 0.15) is 5.75 Å². The predicted octanol–water partition coefficient (Wildman–Crippen LogP) is 4.38. The standard InChI is InChI=1S/C25H26N2O4S/c1-3-30-24(29)23-17(2)32-25(26-23)27(13-11-18-7-5-4-6-8-18)22(28)16-19-9-10-21-20(15-19)12-14-31-21/h4-10,15H,3,11-14,16H2,1-2H3. The first-order valence-electron chi connectivity index (χ1n) is 10.8. The topological polar surface area (TPSA) is 68.7 Å². The van der Waals surface area contributed by atoms with Crippen molar-refractivity contribution in [2.45, 2.75) is 33.1 Å². The van der Waals surface area contributed by atoms with Crippen molar-refractivity contribution in [3.63, 3.8) is 0 Å². The molecule has 2 aromatic carbocycles. The van der Waals surface area contributed by atoms with E-state index in [4.69, 9.17) is 9.47 Å². The SMILES string of the molecule is CCOC(=O)c1nc(N(CCc2ccccc2)C(=O)Cc2ccc3c(c2)CCO3)sc1C. The minimum atomic E-state index is -0.457. The van der Waals surface area contributed by atoms with Crippen molar-refractivity contribution in [3.8, 4) is 5.75 Å². The first kappa shape index (κ1) is 22.0. The number of aromatic nitrogens is 1. The van der Waals surface area contributed by atoms with E-state index in [0.29, 0.717) is 24.7 Å². The van der Waals surface area contributed by atoms with E-state index in [2.05, 4.69) is 4.98 Å². The summed E-state index contributed by atoms with van der Waals surface area (Å²) in [7, 11) is 0. The number of aryl methyl sites for hydroxylation is 1.